The summed E-state index contributed by atoms with van der Waals surface area (Å²) in [6, 6.07) is 12.2. The number of hydrazine groups is 1. The molecule has 1 amide bonds. The zero-order valence-corrected chi connectivity index (χ0v) is 16.8. The zero-order chi connectivity index (χ0) is 20.8. The molecule has 9 heteroatoms. The van der Waals surface area contributed by atoms with Gasteiger partial charge in [0.2, 0.25) is 6.79 Å². The molecule has 0 saturated heterocycles. The second-order valence-electron chi connectivity index (χ2n) is 6.33. The minimum atomic E-state index is -0.762. The third kappa shape index (κ3) is 5.58. The van der Waals surface area contributed by atoms with Crippen LogP contribution in [-0.2, 0) is 11.3 Å². The zero-order valence-electron chi connectivity index (χ0n) is 16.0. The Morgan fingerprint density at radius 3 is 2.55 bits per heavy atom. The van der Waals surface area contributed by atoms with Gasteiger partial charge in [-0.25, -0.2) is 0 Å². The smallest absolute Gasteiger partial charge is 0.279 e. The minimum absolute atomic E-state index is 0.0340. The largest absolute Gasteiger partial charge is 0.481 e. The number of carbonyl (C=O) groups excluding carboxylic acids is 2. The van der Waals surface area contributed by atoms with E-state index in [9.17, 15) is 9.59 Å². The third-order valence-electron chi connectivity index (χ3n) is 4.13. The van der Waals surface area contributed by atoms with E-state index in [1.807, 2.05) is 18.2 Å². The molecule has 8 nitrogen and oxygen atoms in total. The lowest BCUT2D eigenvalue weighted by atomic mass is 10.1. The Balaban J connectivity index is 1.40. The van der Waals surface area contributed by atoms with Gasteiger partial charge in [0.05, 0.1) is 0 Å². The molecule has 1 atom stereocenters. The number of amides is 1. The highest BCUT2D eigenvalue weighted by Gasteiger charge is 2.16. The molecule has 0 aromatic heterocycles. The quantitative estimate of drug-likeness (QED) is 0.375. The van der Waals surface area contributed by atoms with Gasteiger partial charge in [0.25, 0.3) is 5.91 Å². The first-order chi connectivity index (χ1) is 13.9. The van der Waals surface area contributed by atoms with Crippen LogP contribution in [0.2, 0.25) is 0 Å². The van der Waals surface area contributed by atoms with E-state index >= 15 is 0 Å². The molecule has 152 valence electrons. The average molecular weight is 415 g/mol. The molecule has 3 rings (SSSR count). The van der Waals surface area contributed by atoms with E-state index in [0.717, 1.165) is 5.56 Å². The van der Waals surface area contributed by atoms with Crippen LogP contribution in [0.3, 0.4) is 0 Å². The van der Waals surface area contributed by atoms with Crippen molar-refractivity contribution < 1.29 is 23.8 Å². The van der Waals surface area contributed by atoms with E-state index in [1.54, 1.807) is 31.2 Å². The van der Waals surface area contributed by atoms with Crippen LogP contribution in [0.1, 0.15) is 29.8 Å². The average Bonchev–Trinajstić information content (AvgIpc) is 3.18. The molecule has 0 spiro atoms. The molecular formula is C20H21N3O5S. The number of benzene rings is 2. The predicted octanol–water partition coefficient (Wildman–Crippen LogP) is 2.08. The molecule has 3 N–H and O–H groups in total. The van der Waals surface area contributed by atoms with E-state index < -0.39 is 12.0 Å². The lowest BCUT2D eigenvalue weighted by Gasteiger charge is -2.16. The molecule has 1 aliphatic heterocycles. The summed E-state index contributed by atoms with van der Waals surface area (Å²) in [7, 11) is 0. The van der Waals surface area contributed by atoms with Crippen LogP contribution in [0.4, 0.5) is 0 Å². The molecular weight excluding hydrogens is 394 g/mol. The van der Waals surface area contributed by atoms with Gasteiger partial charge >= 0.3 is 0 Å². The number of nitrogens with one attached hydrogen (secondary N) is 3. The number of ether oxygens (including phenoxy) is 3. The van der Waals surface area contributed by atoms with Crippen LogP contribution in [0.25, 0.3) is 0 Å². The van der Waals surface area contributed by atoms with Gasteiger partial charge in [-0.15, -0.1) is 0 Å². The van der Waals surface area contributed by atoms with Gasteiger partial charge in [0.15, 0.2) is 28.5 Å². The summed E-state index contributed by atoms with van der Waals surface area (Å²) >= 11 is 5.16. The number of carbonyl (C=O) groups is 2. The lowest BCUT2D eigenvalue weighted by Crippen LogP contribution is -2.50. The first-order valence-electron chi connectivity index (χ1n) is 8.92. The Morgan fingerprint density at radius 1 is 1.10 bits per heavy atom. The summed E-state index contributed by atoms with van der Waals surface area (Å²) in [6.45, 7) is 3.77. The standard InChI is InChI=1S/C20H21N3O5S/c1-12(24)15-4-6-16(7-5-15)28-13(2)19(25)22-23-20(29)21-10-14-3-8-17-18(9-14)27-11-26-17/h3-9,13H,10-11H2,1-2H3,(H,22,25)(H2,21,23,29). The van der Waals surface area contributed by atoms with Gasteiger partial charge < -0.3 is 19.5 Å². The number of ketones is 1. The fourth-order valence-electron chi connectivity index (χ4n) is 2.52. The number of Topliss-reactive ketones (excluding diaryl/α,β-unsaturated/α-hetero) is 1. The van der Waals surface area contributed by atoms with Crippen LogP contribution in [0, 0.1) is 0 Å². The summed E-state index contributed by atoms with van der Waals surface area (Å²) in [4.78, 5) is 23.4. The fourth-order valence-corrected chi connectivity index (χ4v) is 2.65. The van der Waals surface area contributed by atoms with Crippen LogP contribution in [0.15, 0.2) is 42.5 Å². The maximum Gasteiger partial charge on any atom is 0.279 e. The van der Waals surface area contributed by atoms with Crippen LogP contribution in [0.5, 0.6) is 17.2 Å². The van der Waals surface area contributed by atoms with Gasteiger partial charge in [-0.2, -0.15) is 0 Å². The van der Waals surface area contributed by atoms with Gasteiger partial charge in [-0.05, 0) is 68.0 Å². The van der Waals surface area contributed by atoms with E-state index in [1.165, 1.54) is 6.92 Å². The molecule has 2 aromatic rings. The predicted molar refractivity (Wildman–Crippen MR) is 110 cm³/mol. The molecule has 0 radical (unpaired) electrons. The maximum atomic E-state index is 12.2. The fraction of sp³-hybridized carbons (Fsp3) is 0.250. The second-order valence-corrected chi connectivity index (χ2v) is 6.73. The van der Waals surface area contributed by atoms with Crippen molar-refractivity contribution in [2.75, 3.05) is 6.79 Å². The number of fused-ring (bicyclic) bond motifs is 1. The molecule has 1 heterocycles. The van der Waals surface area contributed by atoms with Crippen molar-refractivity contribution in [2.24, 2.45) is 0 Å². The van der Waals surface area contributed by atoms with Crippen molar-refractivity contribution in [3.8, 4) is 17.2 Å². The molecule has 29 heavy (non-hydrogen) atoms. The Kier molecular flexibility index (Phi) is 6.50. The van der Waals surface area contributed by atoms with Crippen molar-refractivity contribution in [1.29, 1.82) is 0 Å². The molecule has 1 aliphatic rings. The van der Waals surface area contributed by atoms with E-state index in [-0.39, 0.29) is 17.7 Å². The third-order valence-corrected chi connectivity index (χ3v) is 4.38. The Hall–Kier alpha value is -3.33. The lowest BCUT2D eigenvalue weighted by molar-refractivity contribution is -0.127. The van der Waals surface area contributed by atoms with Crippen molar-refractivity contribution in [1.82, 2.24) is 16.2 Å². The number of hydrogen-bond acceptors (Lipinski definition) is 6. The van der Waals surface area contributed by atoms with Gasteiger partial charge in [-0.3, -0.25) is 20.4 Å². The molecule has 2 aromatic carbocycles. The monoisotopic (exact) mass is 415 g/mol. The first-order valence-corrected chi connectivity index (χ1v) is 9.33. The molecule has 0 aliphatic carbocycles. The van der Waals surface area contributed by atoms with Crippen LogP contribution < -0.4 is 30.4 Å². The summed E-state index contributed by atoms with van der Waals surface area (Å²) < 4.78 is 16.2. The van der Waals surface area contributed by atoms with Gasteiger partial charge in [-0.1, -0.05) is 6.07 Å². The normalized spacial score (nSPS) is 12.6. The highest BCUT2D eigenvalue weighted by atomic mass is 32.1. The Labute approximate surface area is 173 Å². The summed E-state index contributed by atoms with van der Waals surface area (Å²) in [6.07, 6.45) is -0.762. The molecule has 1 unspecified atom stereocenters. The van der Waals surface area contributed by atoms with Crippen molar-refractivity contribution >= 4 is 29.0 Å². The minimum Gasteiger partial charge on any atom is -0.481 e. The summed E-state index contributed by atoms with van der Waals surface area (Å²) in [5, 5.41) is 3.25. The van der Waals surface area contributed by atoms with Crippen molar-refractivity contribution in [3.63, 3.8) is 0 Å². The molecule has 0 fully saturated rings. The van der Waals surface area contributed by atoms with E-state index in [0.29, 0.717) is 29.4 Å². The highest BCUT2D eigenvalue weighted by Crippen LogP contribution is 2.32. The highest BCUT2D eigenvalue weighted by molar-refractivity contribution is 7.80. The first kappa shape index (κ1) is 20.4. The van der Waals surface area contributed by atoms with Crippen LogP contribution in [-0.4, -0.2) is 29.7 Å². The van der Waals surface area contributed by atoms with Crippen molar-refractivity contribution in [3.05, 3.63) is 53.6 Å². The Morgan fingerprint density at radius 2 is 1.83 bits per heavy atom. The summed E-state index contributed by atoms with van der Waals surface area (Å²) in [5.74, 6) is 1.47. The number of thiocarbonyl (C=S) groups is 1. The Bertz CT molecular complexity index is 917. The summed E-state index contributed by atoms with van der Waals surface area (Å²) in [5.41, 5.74) is 6.66. The van der Waals surface area contributed by atoms with E-state index in [2.05, 4.69) is 16.2 Å². The molecule has 0 saturated carbocycles. The maximum absolute atomic E-state index is 12.2. The van der Waals surface area contributed by atoms with Crippen molar-refractivity contribution in [2.45, 2.75) is 26.5 Å². The molecule has 0 bridgehead atoms. The van der Waals surface area contributed by atoms with Gasteiger partial charge in [0, 0.05) is 12.1 Å². The van der Waals surface area contributed by atoms with Crippen LogP contribution >= 0.6 is 12.2 Å². The topological polar surface area (TPSA) is 97.9 Å². The van der Waals surface area contributed by atoms with Gasteiger partial charge in [0.1, 0.15) is 5.75 Å². The number of hydrogen-bond donors (Lipinski definition) is 3. The SMILES string of the molecule is CC(=O)c1ccc(OC(C)C(=O)NNC(=S)NCc2ccc3c(c2)OCO3)cc1. The second kappa shape index (κ2) is 9.24. The number of rotatable bonds is 6. The van der Waals surface area contributed by atoms with E-state index in [4.69, 9.17) is 26.4 Å².